The third kappa shape index (κ3) is 5.63. The molecular formula is C12H18FNO3. The van der Waals surface area contributed by atoms with Gasteiger partial charge in [0.05, 0.1) is 6.10 Å². The van der Waals surface area contributed by atoms with Crippen molar-refractivity contribution in [3.05, 3.63) is 30.1 Å². The van der Waals surface area contributed by atoms with Crippen molar-refractivity contribution in [3.63, 3.8) is 0 Å². The fourth-order valence-corrected chi connectivity index (χ4v) is 1.27. The van der Waals surface area contributed by atoms with Crippen molar-refractivity contribution in [3.8, 4) is 5.75 Å². The van der Waals surface area contributed by atoms with Crippen molar-refractivity contribution in [1.29, 1.82) is 0 Å². The molecule has 1 aromatic carbocycles. The van der Waals surface area contributed by atoms with Crippen LogP contribution < -0.4 is 10.1 Å². The van der Waals surface area contributed by atoms with Crippen LogP contribution in [0, 0.1) is 5.82 Å². The van der Waals surface area contributed by atoms with Crippen molar-refractivity contribution in [1.82, 2.24) is 5.32 Å². The summed E-state index contributed by atoms with van der Waals surface area (Å²) in [5.41, 5.74) is 0. The molecule has 0 aliphatic carbocycles. The summed E-state index contributed by atoms with van der Waals surface area (Å²) in [5, 5.41) is 21.4. The molecule has 2 atom stereocenters. The van der Waals surface area contributed by atoms with Gasteiger partial charge in [-0.25, -0.2) is 4.39 Å². The van der Waals surface area contributed by atoms with Gasteiger partial charge in [-0.2, -0.15) is 0 Å². The number of aliphatic hydroxyl groups is 2. The molecule has 0 bridgehead atoms. The fraction of sp³-hybridized carbons (Fsp3) is 0.500. The van der Waals surface area contributed by atoms with Crippen molar-refractivity contribution < 1.29 is 19.3 Å². The molecule has 0 aromatic heterocycles. The Morgan fingerprint density at radius 3 is 2.65 bits per heavy atom. The first-order chi connectivity index (χ1) is 8.09. The van der Waals surface area contributed by atoms with Gasteiger partial charge in [0.2, 0.25) is 0 Å². The number of ether oxygens (including phenoxy) is 1. The van der Waals surface area contributed by atoms with Crippen molar-refractivity contribution in [2.45, 2.75) is 19.1 Å². The van der Waals surface area contributed by atoms with E-state index in [4.69, 9.17) is 9.84 Å². The molecule has 0 radical (unpaired) electrons. The van der Waals surface area contributed by atoms with Crippen LogP contribution in [0.3, 0.4) is 0 Å². The summed E-state index contributed by atoms with van der Waals surface area (Å²) >= 11 is 0. The molecule has 0 spiro atoms. The molecule has 96 valence electrons. The molecule has 0 fully saturated rings. The SMILES string of the molecule is C[C@H](O)CNC[C@@H](O)COc1ccccc1F. The monoisotopic (exact) mass is 243 g/mol. The number of halogens is 1. The van der Waals surface area contributed by atoms with Crippen LogP contribution in [-0.2, 0) is 0 Å². The predicted molar refractivity (Wildman–Crippen MR) is 62.5 cm³/mol. The van der Waals surface area contributed by atoms with Gasteiger partial charge >= 0.3 is 0 Å². The number of hydrogen-bond acceptors (Lipinski definition) is 4. The molecule has 0 aliphatic heterocycles. The van der Waals surface area contributed by atoms with Crippen LogP contribution in [0.5, 0.6) is 5.75 Å². The molecule has 0 heterocycles. The molecule has 3 N–H and O–H groups in total. The van der Waals surface area contributed by atoms with E-state index in [2.05, 4.69) is 5.32 Å². The quantitative estimate of drug-likeness (QED) is 0.654. The Morgan fingerprint density at radius 1 is 1.29 bits per heavy atom. The maximum Gasteiger partial charge on any atom is 0.165 e. The van der Waals surface area contributed by atoms with Gasteiger partial charge in [-0.15, -0.1) is 0 Å². The molecular weight excluding hydrogens is 225 g/mol. The Labute approximate surface area is 100 Å². The maximum absolute atomic E-state index is 13.1. The number of hydrogen-bond donors (Lipinski definition) is 3. The van der Waals surface area contributed by atoms with Gasteiger partial charge < -0.3 is 20.3 Å². The maximum atomic E-state index is 13.1. The number of para-hydroxylation sites is 1. The minimum atomic E-state index is -0.742. The first-order valence-electron chi connectivity index (χ1n) is 5.53. The minimum Gasteiger partial charge on any atom is -0.488 e. The molecule has 1 rings (SSSR count). The summed E-state index contributed by atoms with van der Waals surface area (Å²) in [6, 6.07) is 6.04. The van der Waals surface area contributed by atoms with Gasteiger partial charge in [-0.3, -0.25) is 0 Å². The second-order valence-electron chi connectivity index (χ2n) is 3.90. The second-order valence-corrected chi connectivity index (χ2v) is 3.90. The Bertz CT molecular complexity index is 333. The van der Waals surface area contributed by atoms with E-state index in [1.807, 2.05) is 0 Å². The standard InChI is InChI=1S/C12H18FNO3/c1-9(15)6-14-7-10(16)8-17-12-5-3-2-4-11(12)13/h2-5,9-10,14-16H,6-8H2,1H3/t9-,10+/m0/s1. The van der Waals surface area contributed by atoms with Gasteiger partial charge in [0, 0.05) is 13.1 Å². The Kier molecular flexibility index (Phi) is 5.90. The Morgan fingerprint density at radius 2 is 2.00 bits per heavy atom. The average Bonchev–Trinajstić information content (AvgIpc) is 2.27. The van der Waals surface area contributed by atoms with Crippen LogP contribution in [0.15, 0.2) is 24.3 Å². The topological polar surface area (TPSA) is 61.7 Å². The zero-order valence-corrected chi connectivity index (χ0v) is 9.77. The predicted octanol–water partition coefficient (Wildman–Crippen LogP) is 0.536. The highest BCUT2D eigenvalue weighted by molar-refractivity contribution is 5.23. The van der Waals surface area contributed by atoms with Crippen molar-refractivity contribution in [2.75, 3.05) is 19.7 Å². The van der Waals surface area contributed by atoms with E-state index in [0.717, 1.165) is 0 Å². The minimum absolute atomic E-state index is 0.00768. The third-order valence-corrected chi connectivity index (χ3v) is 2.09. The van der Waals surface area contributed by atoms with E-state index in [9.17, 15) is 9.50 Å². The van der Waals surface area contributed by atoms with Crippen LogP contribution in [0.1, 0.15) is 6.92 Å². The summed E-state index contributed by atoms with van der Waals surface area (Å²) in [5.74, 6) is -0.321. The molecule has 4 nitrogen and oxygen atoms in total. The molecule has 17 heavy (non-hydrogen) atoms. The van der Waals surface area contributed by atoms with Crippen LogP contribution in [0.25, 0.3) is 0 Å². The number of benzene rings is 1. The Hall–Kier alpha value is -1.17. The first-order valence-corrected chi connectivity index (χ1v) is 5.53. The highest BCUT2D eigenvalue weighted by Crippen LogP contribution is 2.15. The van der Waals surface area contributed by atoms with Crippen molar-refractivity contribution >= 4 is 0 Å². The summed E-state index contributed by atoms with van der Waals surface area (Å²) in [4.78, 5) is 0. The number of nitrogens with one attached hydrogen (secondary N) is 1. The third-order valence-electron chi connectivity index (χ3n) is 2.09. The smallest absolute Gasteiger partial charge is 0.165 e. The highest BCUT2D eigenvalue weighted by Gasteiger charge is 2.07. The molecule has 0 amide bonds. The lowest BCUT2D eigenvalue weighted by Gasteiger charge is -2.14. The fourth-order valence-electron chi connectivity index (χ4n) is 1.27. The summed E-state index contributed by atoms with van der Waals surface area (Å²) < 4.78 is 18.3. The van der Waals surface area contributed by atoms with Crippen molar-refractivity contribution in [2.24, 2.45) is 0 Å². The lowest BCUT2D eigenvalue weighted by molar-refractivity contribution is 0.0992. The molecule has 0 aliphatic rings. The number of rotatable bonds is 7. The molecule has 0 saturated carbocycles. The highest BCUT2D eigenvalue weighted by atomic mass is 19.1. The Balaban J connectivity index is 2.24. The van der Waals surface area contributed by atoms with Gasteiger partial charge in [-0.1, -0.05) is 12.1 Å². The average molecular weight is 243 g/mol. The summed E-state index contributed by atoms with van der Waals surface area (Å²) in [6.07, 6.45) is -1.21. The summed E-state index contributed by atoms with van der Waals surface area (Å²) in [7, 11) is 0. The van der Waals surface area contributed by atoms with Gasteiger partial charge in [0.1, 0.15) is 12.7 Å². The van der Waals surface area contributed by atoms with E-state index in [1.54, 1.807) is 19.1 Å². The lowest BCUT2D eigenvalue weighted by atomic mass is 10.3. The zero-order chi connectivity index (χ0) is 12.7. The molecule has 5 heteroatoms. The molecule has 0 unspecified atom stereocenters. The van der Waals surface area contributed by atoms with Gasteiger partial charge in [-0.05, 0) is 19.1 Å². The van der Waals surface area contributed by atoms with E-state index in [0.29, 0.717) is 13.1 Å². The van der Waals surface area contributed by atoms with E-state index in [1.165, 1.54) is 12.1 Å². The summed E-state index contributed by atoms with van der Waals surface area (Å²) in [6.45, 7) is 2.35. The second kappa shape index (κ2) is 7.21. The molecule has 1 aromatic rings. The van der Waals surface area contributed by atoms with Gasteiger partial charge in [0.25, 0.3) is 0 Å². The van der Waals surface area contributed by atoms with Crippen LogP contribution >= 0.6 is 0 Å². The molecule has 0 saturated heterocycles. The van der Waals surface area contributed by atoms with Gasteiger partial charge in [0.15, 0.2) is 11.6 Å². The van der Waals surface area contributed by atoms with Crippen LogP contribution in [0.2, 0.25) is 0 Å². The normalized spacial score (nSPS) is 14.4. The van der Waals surface area contributed by atoms with E-state index >= 15 is 0 Å². The number of aliphatic hydroxyl groups excluding tert-OH is 2. The van der Waals surface area contributed by atoms with Crippen LogP contribution in [0.4, 0.5) is 4.39 Å². The van der Waals surface area contributed by atoms with Crippen LogP contribution in [-0.4, -0.2) is 42.1 Å². The van der Waals surface area contributed by atoms with E-state index in [-0.39, 0.29) is 12.4 Å². The lowest BCUT2D eigenvalue weighted by Crippen LogP contribution is -2.35. The zero-order valence-electron chi connectivity index (χ0n) is 9.77. The first kappa shape index (κ1) is 13.9. The largest absolute Gasteiger partial charge is 0.488 e. The van der Waals surface area contributed by atoms with E-state index < -0.39 is 18.0 Å².